The summed E-state index contributed by atoms with van der Waals surface area (Å²) in [6.45, 7) is 10.0. The molecular formula is C29H29NO4. The van der Waals surface area contributed by atoms with Crippen LogP contribution >= 0.6 is 0 Å². The predicted molar refractivity (Wildman–Crippen MR) is 137 cm³/mol. The molecule has 4 rings (SSSR count). The van der Waals surface area contributed by atoms with Gasteiger partial charge in [0, 0.05) is 11.3 Å². The fourth-order valence-corrected chi connectivity index (χ4v) is 3.70. The third kappa shape index (κ3) is 5.04. The van der Waals surface area contributed by atoms with Crippen molar-refractivity contribution in [1.29, 1.82) is 0 Å². The Morgan fingerprint density at radius 3 is 2.21 bits per heavy atom. The monoisotopic (exact) mass is 455 g/mol. The van der Waals surface area contributed by atoms with E-state index in [0.717, 1.165) is 16.7 Å². The summed E-state index contributed by atoms with van der Waals surface area (Å²) in [6.07, 6.45) is 0. The van der Waals surface area contributed by atoms with E-state index in [-0.39, 0.29) is 29.1 Å². The largest absolute Gasteiger partial charge is 0.476 e. The second kappa shape index (κ2) is 9.18. The van der Waals surface area contributed by atoms with Crippen LogP contribution in [0.1, 0.15) is 37.5 Å². The van der Waals surface area contributed by atoms with Crippen molar-refractivity contribution in [2.45, 2.75) is 40.0 Å². The standard InChI is InChI=1S/C29H29NO4/c1-18-6-13-22(14-7-18)30-25(31)17-33-28-26(32)23-15-8-19(2)16-24(23)34-27(28)20-9-11-21(12-10-20)29(3,4)5/h6-16H,17H2,1-5H3,(H,30,31). The second-order valence-electron chi connectivity index (χ2n) is 9.62. The molecule has 0 atom stereocenters. The topological polar surface area (TPSA) is 68.5 Å². The molecule has 0 fully saturated rings. The Hall–Kier alpha value is -3.86. The van der Waals surface area contributed by atoms with Crippen LogP contribution in [0.25, 0.3) is 22.3 Å². The molecule has 0 radical (unpaired) electrons. The van der Waals surface area contributed by atoms with Gasteiger partial charge in [0.15, 0.2) is 12.4 Å². The average molecular weight is 456 g/mol. The van der Waals surface area contributed by atoms with Crippen molar-refractivity contribution in [3.05, 3.63) is 93.6 Å². The Labute approximate surface area is 199 Å². The summed E-state index contributed by atoms with van der Waals surface area (Å²) in [4.78, 5) is 25.9. The number of anilines is 1. The quantitative estimate of drug-likeness (QED) is 0.378. The van der Waals surface area contributed by atoms with Crippen LogP contribution in [0, 0.1) is 13.8 Å². The molecule has 1 heterocycles. The Balaban J connectivity index is 1.70. The van der Waals surface area contributed by atoms with E-state index in [2.05, 4.69) is 26.1 Å². The lowest BCUT2D eigenvalue weighted by atomic mass is 9.86. The first-order chi connectivity index (χ1) is 16.1. The molecule has 34 heavy (non-hydrogen) atoms. The Morgan fingerprint density at radius 2 is 1.56 bits per heavy atom. The lowest BCUT2D eigenvalue weighted by Crippen LogP contribution is -2.22. The van der Waals surface area contributed by atoms with Gasteiger partial charge in [-0.25, -0.2) is 0 Å². The van der Waals surface area contributed by atoms with Crippen molar-refractivity contribution in [1.82, 2.24) is 0 Å². The molecule has 0 bridgehead atoms. The third-order valence-electron chi connectivity index (χ3n) is 5.70. The summed E-state index contributed by atoms with van der Waals surface area (Å²) in [7, 11) is 0. The number of aryl methyl sites for hydroxylation is 2. The van der Waals surface area contributed by atoms with E-state index < -0.39 is 0 Å². The van der Waals surface area contributed by atoms with Gasteiger partial charge < -0.3 is 14.5 Å². The van der Waals surface area contributed by atoms with E-state index in [0.29, 0.717) is 28.0 Å². The van der Waals surface area contributed by atoms with Crippen LogP contribution in [0.4, 0.5) is 5.69 Å². The highest BCUT2D eigenvalue weighted by atomic mass is 16.5. The summed E-state index contributed by atoms with van der Waals surface area (Å²) in [5.41, 5.74) is 4.79. The van der Waals surface area contributed by atoms with Crippen molar-refractivity contribution in [2.24, 2.45) is 0 Å². The number of ether oxygens (including phenoxy) is 1. The zero-order valence-corrected chi connectivity index (χ0v) is 20.2. The Bertz CT molecular complexity index is 1390. The summed E-state index contributed by atoms with van der Waals surface area (Å²) in [5.74, 6) is -0.0214. The normalized spacial score (nSPS) is 11.4. The van der Waals surface area contributed by atoms with Crippen molar-refractivity contribution in [3.63, 3.8) is 0 Å². The van der Waals surface area contributed by atoms with Crippen LogP contribution in [0.5, 0.6) is 5.75 Å². The first-order valence-electron chi connectivity index (χ1n) is 11.3. The molecule has 0 aliphatic heterocycles. The molecule has 3 aromatic carbocycles. The smallest absolute Gasteiger partial charge is 0.262 e. The molecule has 0 saturated heterocycles. The van der Waals surface area contributed by atoms with Crippen LogP contribution < -0.4 is 15.5 Å². The fourth-order valence-electron chi connectivity index (χ4n) is 3.70. The SMILES string of the molecule is Cc1ccc(NC(=O)COc2c(-c3ccc(C(C)(C)C)cc3)oc3cc(C)ccc3c2=O)cc1. The first-order valence-corrected chi connectivity index (χ1v) is 11.3. The van der Waals surface area contributed by atoms with Gasteiger partial charge in [0.25, 0.3) is 5.91 Å². The maximum atomic E-state index is 13.4. The van der Waals surface area contributed by atoms with Gasteiger partial charge in [0.05, 0.1) is 5.39 Å². The highest BCUT2D eigenvalue weighted by Crippen LogP contribution is 2.33. The first kappa shape index (κ1) is 23.3. The number of rotatable bonds is 5. The minimum absolute atomic E-state index is 0.00669. The number of carbonyl (C=O) groups is 1. The lowest BCUT2D eigenvalue weighted by Gasteiger charge is -2.19. The van der Waals surface area contributed by atoms with E-state index in [1.54, 1.807) is 6.07 Å². The number of fused-ring (bicyclic) bond motifs is 1. The second-order valence-corrected chi connectivity index (χ2v) is 9.62. The van der Waals surface area contributed by atoms with Crippen LogP contribution in [-0.4, -0.2) is 12.5 Å². The van der Waals surface area contributed by atoms with Crippen molar-refractivity contribution < 1.29 is 13.9 Å². The van der Waals surface area contributed by atoms with Crippen LogP contribution in [-0.2, 0) is 10.2 Å². The summed E-state index contributed by atoms with van der Waals surface area (Å²) in [6, 6.07) is 20.7. The van der Waals surface area contributed by atoms with Gasteiger partial charge in [0.1, 0.15) is 5.58 Å². The van der Waals surface area contributed by atoms with Gasteiger partial charge in [-0.2, -0.15) is 0 Å². The van der Waals surface area contributed by atoms with E-state index in [1.165, 1.54) is 0 Å². The Morgan fingerprint density at radius 1 is 0.912 bits per heavy atom. The van der Waals surface area contributed by atoms with Crippen molar-refractivity contribution in [2.75, 3.05) is 11.9 Å². The molecule has 0 spiro atoms. The zero-order valence-electron chi connectivity index (χ0n) is 20.2. The molecule has 0 aliphatic carbocycles. The van der Waals surface area contributed by atoms with Gasteiger partial charge in [-0.15, -0.1) is 0 Å². The minimum Gasteiger partial charge on any atom is -0.476 e. The number of benzene rings is 3. The van der Waals surface area contributed by atoms with Crippen molar-refractivity contribution in [3.8, 4) is 17.1 Å². The summed E-state index contributed by atoms with van der Waals surface area (Å²) in [5, 5.41) is 3.20. The fraction of sp³-hybridized carbons (Fsp3) is 0.241. The molecule has 4 aromatic rings. The van der Waals surface area contributed by atoms with Crippen LogP contribution in [0.15, 0.2) is 75.9 Å². The van der Waals surface area contributed by atoms with E-state index >= 15 is 0 Å². The Kier molecular flexibility index (Phi) is 6.29. The number of hydrogen-bond acceptors (Lipinski definition) is 4. The lowest BCUT2D eigenvalue weighted by molar-refractivity contribution is -0.118. The molecule has 174 valence electrons. The van der Waals surface area contributed by atoms with Crippen LogP contribution in [0.2, 0.25) is 0 Å². The van der Waals surface area contributed by atoms with E-state index in [4.69, 9.17) is 9.15 Å². The molecule has 0 aliphatic rings. The van der Waals surface area contributed by atoms with Gasteiger partial charge in [0.2, 0.25) is 11.2 Å². The molecule has 5 nitrogen and oxygen atoms in total. The van der Waals surface area contributed by atoms with E-state index in [1.807, 2.05) is 74.5 Å². The maximum absolute atomic E-state index is 13.4. The number of amides is 1. The summed E-state index contributed by atoms with van der Waals surface area (Å²) >= 11 is 0. The highest BCUT2D eigenvalue weighted by Gasteiger charge is 2.20. The van der Waals surface area contributed by atoms with Crippen LogP contribution in [0.3, 0.4) is 0 Å². The maximum Gasteiger partial charge on any atom is 0.262 e. The molecule has 1 aromatic heterocycles. The molecular weight excluding hydrogens is 426 g/mol. The predicted octanol–water partition coefficient (Wildman–Crippen LogP) is 6.39. The van der Waals surface area contributed by atoms with Gasteiger partial charge in [-0.1, -0.05) is 68.8 Å². The molecule has 1 amide bonds. The molecule has 1 N–H and O–H groups in total. The average Bonchev–Trinajstić information content (AvgIpc) is 2.79. The minimum atomic E-state index is -0.360. The number of hydrogen-bond donors (Lipinski definition) is 1. The molecule has 0 unspecified atom stereocenters. The summed E-state index contributed by atoms with van der Waals surface area (Å²) < 4.78 is 12.0. The van der Waals surface area contributed by atoms with Crippen molar-refractivity contribution >= 4 is 22.6 Å². The van der Waals surface area contributed by atoms with Gasteiger partial charge >= 0.3 is 0 Å². The number of nitrogens with one attached hydrogen (secondary N) is 1. The van der Waals surface area contributed by atoms with E-state index in [9.17, 15) is 9.59 Å². The van der Waals surface area contributed by atoms with Gasteiger partial charge in [-0.05, 0) is 54.7 Å². The third-order valence-corrected chi connectivity index (χ3v) is 5.70. The van der Waals surface area contributed by atoms with Gasteiger partial charge in [-0.3, -0.25) is 9.59 Å². The molecule has 0 saturated carbocycles. The number of carbonyl (C=O) groups excluding carboxylic acids is 1. The zero-order chi connectivity index (χ0) is 24.5. The molecule has 5 heteroatoms. The highest BCUT2D eigenvalue weighted by molar-refractivity contribution is 5.92.